The van der Waals surface area contributed by atoms with Crippen molar-refractivity contribution in [3.8, 4) is 0 Å². The lowest BCUT2D eigenvalue weighted by Crippen LogP contribution is -2.23. The highest BCUT2D eigenvalue weighted by molar-refractivity contribution is 6.30. The average molecular weight is 244 g/mol. The molecule has 2 N–H and O–H groups in total. The first kappa shape index (κ1) is 13.5. The number of benzene rings is 1. The Morgan fingerprint density at radius 2 is 2.12 bits per heavy atom. The standard InChI is InChI=1S/C13H19ClFN/c1-2-3-4-5-12(16)9-10-8-11(14)6-7-13(10)15/h6-8,12H,2-5,9,16H2,1H3. The van der Waals surface area contributed by atoms with Crippen LogP contribution in [0.5, 0.6) is 0 Å². The fourth-order valence-electron chi connectivity index (χ4n) is 1.74. The molecule has 1 nitrogen and oxygen atoms in total. The van der Waals surface area contributed by atoms with Crippen LogP contribution in [-0.4, -0.2) is 6.04 Å². The number of unbranched alkanes of at least 4 members (excludes halogenated alkanes) is 2. The highest BCUT2D eigenvalue weighted by atomic mass is 35.5. The van der Waals surface area contributed by atoms with E-state index in [0.29, 0.717) is 17.0 Å². The molecule has 1 atom stereocenters. The first-order valence-electron chi connectivity index (χ1n) is 5.83. The summed E-state index contributed by atoms with van der Waals surface area (Å²) in [4.78, 5) is 0. The average Bonchev–Trinajstić information content (AvgIpc) is 2.24. The largest absolute Gasteiger partial charge is 0.327 e. The van der Waals surface area contributed by atoms with Gasteiger partial charge in [0.25, 0.3) is 0 Å². The van der Waals surface area contributed by atoms with Crippen molar-refractivity contribution in [1.29, 1.82) is 0 Å². The molecule has 0 heterocycles. The lowest BCUT2D eigenvalue weighted by Gasteiger charge is -2.12. The summed E-state index contributed by atoms with van der Waals surface area (Å²) in [5.74, 6) is -0.213. The second kappa shape index (κ2) is 6.87. The van der Waals surface area contributed by atoms with Crippen molar-refractivity contribution in [3.05, 3.63) is 34.6 Å². The van der Waals surface area contributed by atoms with Gasteiger partial charge in [-0.2, -0.15) is 0 Å². The van der Waals surface area contributed by atoms with Crippen molar-refractivity contribution >= 4 is 11.6 Å². The normalized spacial score (nSPS) is 12.8. The molecule has 0 aromatic heterocycles. The van der Waals surface area contributed by atoms with E-state index in [-0.39, 0.29) is 11.9 Å². The van der Waals surface area contributed by atoms with E-state index in [1.54, 1.807) is 12.1 Å². The van der Waals surface area contributed by atoms with Gasteiger partial charge >= 0.3 is 0 Å². The molecule has 0 amide bonds. The topological polar surface area (TPSA) is 26.0 Å². The third kappa shape index (κ3) is 4.50. The maximum Gasteiger partial charge on any atom is 0.126 e. The van der Waals surface area contributed by atoms with Crippen LogP contribution in [-0.2, 0) is 6.42 Å². The molecule has 1 aromatic rings. The van der Waals surface area contributed by atoms with E-state index in [1.165, 1.54) is 18.9 Å². The third-order valence-electron chi connectivity index (χ3n) is 2.67. The molecular formula is C13H19ClFN. The number of halogens is 2. The molecule has 1 aromatic carbocycles. The van der Waals surface area contributed by atoms with Crippen LogP contribution < -0.4 is 5.73 Å². The first-order valence-corrected chi connectivity index (χ1v) is 6.20. The third-order valence-corrected chi connectivity index (χ3v) is 2.90. The summed E-state index contributed by atoms with van der Waals surface area (Å²) in [7, 11) is 0. The zero-order valence-electron chi connectivity index (χ0n) is 9.68. The van der Waals surface area contributed by atoms with Crippen LogP contribution >= 0.6 is 11.6 Å². The second-order valence-corrected chi connectivity index (χ2v) is 4.63. The summed E-state index contributed by atoms with van der Waals surface area (Å²) in [5.41, 5.74) is 6.58. The van der Waals surface area contributed by atoms with E-state index >= 15 is 0 Å². The Hall–Kier alpha value is -0.600. The van der Waals surface area contributed by atoms with Crippen LogP contribution in [0.1, 0.15) is 38.2 Å². The van der Waals surface area contributed by atoms with Crippen LogP contribution in [0, 0.1) is 5.82 Å². The van der Waals surface area contributed by atoms with Gasteiger partial charge in [0.1, 0.15) is 5.82 Å². The van der Waals surface area contributed by atoms with Crippen LogP contribution in [0.4, 0.5) is 4.39 Å². The predicted octanol–water partition coefficient (Wildman–Crippen LogP) is 3.93. The molecule has 90 valence electrons. The van der Waals surface area contributed by atoms with Crippen LogP contribution in [0.25, 0.3) is 0 Å². The van der Waals surface area contributed by atoms with Crippen molar-refractivity contribution < 1.29 is 4.39 Å². The second-order valence-electron chi connectivity index (χ2n) is 4.20. The van der Waals surface area contributed by atoms with Gasteiger partial charge in [0, 0.05) is 11.1 Å². The summed E-state index contributed by atoms with van der Waals surface area (Å²) in [6.07, 6.45) is 4.99. The van der Waals surface area contributed by atoms with Gasteiger partial charge in [-0.25, -0.2) is 4.39 Å². The van der Waals surface area contributed by atoms with Gasteiger partial charge in [0.05, 0.1) is 0 Å². The van der Waals surface area contributed by atoms with E-state index in [4.69, 9.17) is 17.3 Å². The van der Waals surface area contributed by atoms with E-state index in [1.807, 2.05) is 0 Å². The van der Waals surface area contributed by atoms with Gasteiger partial charge in [-0.05, 0) is 36.6 Å². The lowest BCUT2D eigenvalue weighted by atomic mass is 10.0. The Morgan fingerprint density at radius 1 is 1.38 bits per heavy atom. The van der Waals surface area contributed by atoms with Gasteiger partial charge in [-0.15, -0.1) is 0 Å². The zero-order chi connectivity index (χ0) is 12.0. The number of hydrogen-bond acceptors (Lipinski definition) is 1. The fourth-order valence-corrected chi connectivity index (χ4v) is 1.94. The van der Waals surface area contributed by atoms with Crippen molar-refractivity contribution in [3.63, 3.8) is 0 Å². The molecule has 0 radical (unpaired) electrons. The Bertz CT molecular complexity index is 328. The molecule has 3 heteroatoms. The predicted molar refractivity (Wildman–Crippen MR) is 67.2 cm³/mol. The van der Waals surface area contributed by atoms with Crippen molar-refractivity contribution in [2.45, 2.75) is 45.1 Å². The fraction of sp³-hybridized carbons (Fsp3) is 0.538. The van der Waals surface area contributed by atoms with E-state index in [0.717, 1.165) is 12.8 Å². The minimum Gasteiger partial charge on any atom is -0.327 e. The van der Waals surface area contributed by atoms with Gasteiger partial charge in [0.15, 0.2) is 0 Å². The van der Waals surface area contributed by atoms with E-state index < -0.39 is 0 Å². The molecule has 0 aliphatic carbocycles. The number of nitrogens with two attached hydrogens (primary N) is 1. The van der Waals surface area contributed by atoms with Gasteiger partial charge in [0.2, 0.25) is 0 Å². The number of rotatable bonds is 6. The highest BCUT2D eigenvalue weighted by Gasteiger charge is 2.08. The molecule has 1 rings (SSSR count). The molecule has 0 aliphatic rings. The SMILES string of the molecule is CCCCCC(N)Cc1cc(Cl)ccc1F. The van der Waals surface area contributed by atoms with Crippen LogP contribution in [0.2, 0.25) is 5.02 Å². The monoisotopic (exact) mass is 243 g/mol. The molecule has 0 bridgehead atoms. The lowest BCUT2D eigenvalue weighted by molar-refractivity contribution is 0.538. The molecule has 1 unspecified atom stereocenters. The first-order chi connectivity index (χ1) is 7.63. The van der Waals surface area contributed by atoms with Crippen LogP contribution in [0.15, 0.2) is 18.2 Å². The maximum absolute atomic E-state index is 13.4. The maximum atomic E-state index is 13.4. The zero-order valence-corrected chi connectivity index (χ0v) is 10.4. The molecule has 0 saturated heterocycles. The summed E-state index contributed by atoms with van der Waals surface area (Å²) in [6.45, 7) is 2.15. The Labute approximate surface area is 102 Å². The minimum absolute atomic E-state index is 0.0273. The minimum atomic E-state index is -0.213. The molecule has 0 fully saturated rings. The smallest absolute Gasteiger partial charge is 0.126 e. The molecule has 16 heavy (non-hydrogen) atoms. The van der Waals surface area contributed by atoms with Crippen molar-refractivity contribution in [1.82, 2.24) is 0 Å². The molecule has 0 saturated carbocycles. The highest BCUT2D eigenvalue weighted by Crippen LogP contribution is 2.17. The summed E-state index contributed by atoms with van der Waals surface area (Å²) in [6, 6.07) is 4.65. The Kier molecular flexibility index (Phi) is 5.78. The molecular weight excluding hydrogens is 225 g/mol. The van der Waals surface area contributed by atoms with Gasteiger partial charge in [-0.3, -0.25) is 0 Å². The van der Waals surface area contributed by atoms with Gasteiger partial charge < -0.3 is 5.73 Å². The Morgan fingerprint density at radius 3 is 2.81 bits per heavy atom. The van der Waals surface area contributed by atoms with Crippen molar-refractivity contribution in [2.75, 3.05) is 0 Å². The molecule has 0 aliphatic heterocycles. The quantitative estimate of drug-likeness (QED) is 0.753. The van der Waals surface area contributed by atoms with Crippen LogP contribution in [0.3, 0.4) is 0 Å². The summed E-state index contributed by atoms with van der Waals surface area (Å²) >= 11 is 5.82. The van der Waals surface area contributed by atoms with Crippen molar-refractivity contribution in [2.24, 2.45) is 5.73 Å². The summed E-state index contributed by atoms with van der Waals surface area (Å²) < 4.78 is 13.4. The molecule has 0 spiro atoms. The number of hydrogen-bond donors (Lipinski definition) is 1. The summed E-state index contributed by atoms with van der Waals surface area (Å²) in [5, 5.41) is 0.567. The van der Waals surface area contributed by atoms with E-state index in [2.05, 4.69) is 6.92 Å². The Balaban J connectivity index is 2.48. The van der Waals surface area contributed by atoms with Gasteiger partial charge in [-0.1, -0.05) is 37.8 Å². The van der Waals surface area contributed by atoms with E-state index in [9.17, 15) is 4.39 Å².